The third-order valence-electron chi connectivity index (χ3n) is 4.08. The number of amides is 1. The highest BCUT2D eigenvalue weighted by atomic mass is 35.5. The molecule has 0 saturated carbocycles. The molecule has 29 heavy (non-hydrogen) atoms. The normalized spacial score (nSPS) is 11.2. The number of anilines is 2. The zero-order valence-corrected chi connectivity index (χ0v) is 18.3. The van der Waals surface area contributed by atoms with Crippen LogP contribution in [0.25, 0.3) is 0 Å². The molecule has 1 amide bonds. The van der Waals surface area contributed by atoms with Gasteiger partial charge >= 0.3 is 0 Å². The van der Waals surface area contributed by atoms with E-state index in [1.165, 1.54) is 42.5 Å². The molecule has 0 aliphatic rings. The van der Waals surface area contributed by atoms with Crippen molar-refractivity contribution >= 4 is 63.1 Å². The van der Waals surface area contributed by atoms with Crippen LogP contribution in [0.15, 0.2) is 70.5 Å². The number of aryl methyl sites for hydroxylation is 1. The van der Waals surface area contributed by atoms with Gasteiger partial charge in [0, 0.05) is 14.9 Å². The highest BCUT2D eigenvalue weighted by molar-refractivity contribution is 7.92. The van der Waals surface area contributed by atoms with E-state index in [2.05, 4.69) is 22.7 Å². The summed E-state index contributed by atoms with van der Waals surface area (Å²) in [6, 6.07) is 15.4. The Balaban J connectivity index is 1.94. The van der Waals surface area contributed by atoms with Crippen LogP contribution in [0.5, 0.6) is 0 Å². The number of hydrogen-bond donors (Lipinski definition) is 3. The van der Waals surface area contributed by atoms with Crippen molar-refractivity contribution in [3.05, 3.63) is 81.8 Å². The first kappa shape index (κ1) is 21.5. The molecule has 3 aromatic rings. The Kier molecular flexibility index (Phi) is 6.43. The number of halogens is 2. The Morgan fingerprint density at radius 2 is 1.59 bits per heavy atom. The van der Waals surface area contributed by atoms with Crippen molar-refractivity contribution in [2.45, 2.75) is 16.7 Å². The maximum atomic E-state index is 12.9. The summed E-state index contributed by atoms with van der Waals surface area (Å²) in [4.78, 5) is 13.5. The summed E-state index contributed by atoms with van der Waals surface area (Å²) in [7, 11) is -3.93. The van der Waals surface area contributed by atoms with Crippen molar-refractivity contribution in [1.29, 1.82) is 0 Å². The molecule has 5 nitrogen and oxygen atoms in total. The minimum atomic E-state index is -3.93. The number of carbonyl (C=O) groups excluding carboxylic acids is 1. The summed E-state index contributed by atoms with van der Waals surface area (Å²) < 4.78 is 27.8. The molecular formula is C20H16Cl2N2O3S2. The van der Waals surface area contributed by atoms with Crippen LogP contribution in [0.4, 0.5) is 11.4 Å². The SMILES string of the molecule is Cc1cccc(NC(=O)c2cc(Cl)ccc2NS(=O)(=O)c2ccc(Cl)cc2)c1S. The van der Waals surface area contributed by atoms with Crippen molar-refractivity contribution in [2.24, 2.45) is 0 Å². The minimum Gasteiger partial charge on any atom is -0.321 e. The monoisotopic (exact) mass is 466 g/mol. The number of nitrogens with one attached hydrogen (secondary N) is 2. The number of carbonyl (C=O) groups is 1. The van der Waals surface area contributed by atoms with Crippen molar-refractivity contribution in [1.82, 2.24) is 0 Å². The Labute approximate surface area is 184 Å². The standard InChI is InChI=1S/C20H16Cl2N2O3S2/c1-12-3-2-4-18(19(12)28)23-20(25)16-11-14(22)7-10-17(16)24-29(26,27)15-8-5-13(21)6-9-15/h2-11,24,28H,1H3,(H,23,25). The number of sulfonamides is 1. The maximum absolute atomic E-state index is 12.9. The van der Waals surface area contributed by atoms with Gasteiger partial charge in [0.2, 0.25) is 0 Å². The van der Waals surface area contributed by atoms with Crippen molar-refractivity contribution in [3.63, 3.8) is 0 Å². The molecular weight excluding hydrogens is 451 g/mol. The zero-order valence-electron chi connectivity index (χ0n) is 15.1. The van der Waals surface area contributed by atoms with E-state index >= 15 is 0 Å². The quantitative estimate of drug-likeness (QED) is 0.425. The van der Waals surface area contributed by atoms with E-state index in [9.17, 15) is 13.2 Å². The smallest absolute Gasteiger partial charge is 0.261 e. The van der Waals surface area contributed by atoms with Crippen LogP contribution in [-0.4, -0.2) is 14.3 Å². The van der Waals surface area contributed by atoms with Gasteiger partial charge in [-0.25, -0.2) is 8.42 Å². The van der Waals surface area contributed by atoms with Crippen LogP contribution in [0.1, 0.15) is 15.9 Å². The fraction of sp³-hybridized carbons (Fsp3) is 0.0500. The van der Waals surface area contributed by atoms with Gasteiger partial charge in [-0.15, -0.1) is 12.6 Å². The summed E-state index contributed by atoms with van der Waals surface area (Å²) >= 11 is 16.3. The van der Waals surface area contributed by atoms with Crippen molar-refractivity contribution < 1.29 is 13.2 Å². The van der Waals surface area contributed by atoms with E-state index < -0.39 is 15.9 Å². The molecule has 0 aliphatic heterocycles. The highest BCUT2D eigenvalue weighted by Crippen LogP contribution is 2.28. The molecule has 0 atom stereocenters. The van der Waals surface area contributed by atoms with Gasteiger partial charge < -0.3 is 5.32 Å². The van der Waals surface area contributed by atoms with Crippen LogP contribution in [0.3, 0.4) is 0 Å². The zero-order chi connectivity index (χ0) is 21.2. The van der Waals surface area contributed by atoms with Gasteiger partial charge in [0.1, 0.15) is 0 Å². The summed E-state index contributed by atoms with van der Waals surface area (Å²) in [6.07, 6.45) is 0. The molecule has 0 aliphatic carbocycles. The molecule has 0 unspecified atom stereocenters. The van der Waals surface area contributed by atoms with Gasteiger partial charge in [-0.2, -0.15) is 0 Å². The summed E-state index contributed by atoms with van der Waals surface area (Å²) in [5.74, 6) is -0.526. The Morgan fingerprint density at radius 3 is 2.28 bits per heavy atom. The molecule has 0 fully saturated rings. The van der Waals surface area contributed by atoms with Crippen LogP contribution in [0, 0.1) is 6.92 Å². The summed E-state index contributed by atoms with van der Waals surface area (Å²) in [6.45, 7) is 1.86. The van der Waals surface area contributed by atoms with Gasteiger partial charge in [0.15, 0.2) is 0 Å². The first-order valence-electron chi connectivity index (χ1n) is 8.35. The number of hydrogen-bond acceptors (Lipinski definition) is 4. The fourth-order valence-corrected chi connectivity index (χ4v) is 4.14. The first-order valence-corrected chi connectivity index (χ1v) is 11.0. The molecule has 3 rings (SSSR count). The second kappa shape index (κ2) is 8.67. The van der Waals surface area contributed by atoms with Gasteiger partial charge in [-0.05, 0) is 61.0 Å². The van der Waals surface area contributed by atoms with Gasteiger partial charge in [-0.1, -0.05) is 35.3 Å². The Bertz CT molecular complexity index is 1180. The van der Waals surface area contributed by atoms with E-state index in [1.807, 2.05) is 13.0 Å². The predicted octanol–water partition coefficient (Wildman–Crippen LogP) is 5.64. The van der Waals surface area contributed by atoms with E-state index in [4.69, 9.17) is 23.2 Å². The molecule has 0 spiro atoms. The lowest BCUT2D eigenvalue weighted by molar-refractivity contribution is 0.102. The lowest BCUT2D eigenvalue weighted by Gasteiger charge is -2.14. The molecule has 0 bridgehead atoms. The number of benzene rings is 3. The lowest BCUT2D eigenvalue weighted by atomic mass is 10.1. The van der Waals surface area contributed by atoms with Crippen molar-refractivity contribution in [2.75, 3.05) is 10.0 Å². The van der Waals surface area contributed by atoms with Crippen LogP contribution < -0.4 is 10.0 Å². The molecule has 0 saturated heterocycles. The lowest BCUT2D eigenvalue weighted by Crippen LogP contribution is -2.19. The third-order valence-corrected chi connectivity index (χ3v) is 6.54. The molecule has 0 heterocycles. The van der Waals surface area contributed by atoms with Crippen molar-refractivity contribution in [3.8, 4) is 0 Å². The third kappa shape index (κ3) is 5.05. The largest absolute Gasteiger partial charge is 0.321 e. The topological polar surface area (TPSA) is 75.3 Å². The molecule has 2 N–H and O–H groups in total. The Morgan fingerprint density at radius 1 is 0.931 bits per heavy atom. The minimum absolute atomic E-state index is 0.0135. The fourth-order valence-electron chi connectivity index (χ4n) is 2.56. The maximum Gasteiger partial charge on any atom is 0.261 e. The van der Waals surface area contributed by atoms with Gasteiger partial charge in [0.25, 0.3) is 15.9 Å². The second-order valence-electron chi connectivity index (χ2n) is 6.17. The van der Waals surface area contributed by atoms with Crippen LogP contribution in [-0.2, 0) is 10.0 Å². The number of thiol groups is 1. The van der Waals surface area contributed by atoms with Crippen LogP contribution in [0.2, 0.25) is 10.0 Å². The van der Waals surface area contributed by atoms with E-state index in [1.54, 1.807) is 12.1 Å². The van der Waals surface area contributed by atoms with Gasteiger partial charge in [0.05, 0.1) is 21.8 Å². The highest BCUT2D eigenvalue weighted by Gasteiger charge is 2.20. The van der Waals surface area contributed by atoms with E-state index in [-0.39, 0.29) is 16.1 Å². The average molecular weight is 467 g/mol. The summed E-state index contributed by atoms with van der Waals surface area (Å²) in [5, 5.41) is 3.45. The first-order chi connectivity index (χ1) is 13.7. The average Bonchev–Trinajstić information content (AvgIpc) is 2.67. The molecule has 0 radical (unpaired) electrons. The molecule has 0 aromatic heterocycles. The summed E-state index contributed by atoms with van der Waals surface area (Å²) in [5.41, 5.74) is 1.56. The Hall–Kier alpha value is -2.19. The molecule has 3 aromatic carbocycles. The molecule has 150 valence electrons. The second-order valence-corrected chi connectivity index (χ2v) is 9.18. The molecule has 9 heteroatoms. The van der Waals surface area contributed by atoms with Crippen LogP contribution >= 0.6 is 35.8 Å². The van der Waals surface area contributed by atoms with E-state index in [0.717, 1.165) is 5.56 Å². The number of rotatable bonds is 5. The van der Waals surface area contributed by atoms with Gasteiger partial charge in [-0.3, -0.25) is 9.52 Å². The predicted molar refractivity (Wildman–Crippen MR) is 120 cm³/mol. The van der Waals surface area contributed by atoms with E-state index in [0.29, 0.717) is 20.6 Å².